The molecule has 0 aliphatic rings. The van der Waals surface area contributed by atoms with Crippen LogP contribution in [-0.4, -0.2) is 14.5 Å². The number of para-hydroxylation sites is 2. The van der Waals surface area contributed by atoms with Crippen LogP contribution in [0.5, 0.6) is 0 Å². The Labute approximate surface area is 115 Å². The van der Waals surface area contributed by atoms with Crippen molar-refractivity contribution < 1.29 is 0 Å². The van der Waals surface area contributed by atoms with Gasteiger partial charge in [-0.2, -0.15) is 0 Å². The van der Waals surface area contributed by atoms with Gasteiger partial charge in [0.05, 0.1) is 34.9 Å². The second kappa shape index (κ2) is 5.24. The maximum atomic E-state index is 4.46. The van der Waals surface area contributed by atoms with E-state index in [1.54, 1.807) is 23.9 Å². The highest BCUT2D eigenvalue weighted by Crippen LogP contribution is 2.20. The highest BCUT2D eigenvalue weighted by atomic mass is 32.1. The number of rotatable bonds is 4. The average molecular weight is 270 g/mol. The maximum Gasteiger partial charge on any atom is 0.0992 e. The van der Waals surface area contributed by atoms with E-state index in [0.29, 0.717) is 0 Å². The van der Waals surface area contributed by atoms with Gasteiger partial charge in [0.2, 0.25) is 0 Å². The maximum absolute atomic E-state index is 4.46. The van der Waals surface area contributed by atoms with E-state index >= 15 is 0 Å². The van der Waals surface area contributed by atoms with Gasteiger partial charge < -0.3 is 9.88 Å². The van der Waals surface area contributed by atoms with E-state index in [1.807, 2.05) is 29.8 Å². The number of benzene rings is 1. The summed E-state index contributed by atoms with van der Waals surface area (Å²) in [5.41, 5.74) is 3.24. The van der Waals surface area contributed by atoms with E-state index in [-0.39, 0.29) is 0 Å². The molecule has 3 rings (SSSR count). The second-order valence-corrected chi connectivity index (χ2v) is 5.26. The van der Waals surface area contributed by atoms with Crippen LogP contribution in [0.2, 0.25) is 0 Å². The van der Waals surface area contributed by atoms with E-state index in [9.17, 15) is 0 Å². The fourth-order valence-electron chi connectivity index (χ4n) is 1.93. The van der Waals surface area contributed by atoms with Crippen molar-refractivity contribution in [3.63, 3.8) is 0 Å². The van der Waals surface area contributed by atoms with Gasteiger partial charge in [0.1, 0.15) is 0 Å². The predicted octanol–water partition coefficient (Wildman–Crippen LogP) is 3.25. The van der Waals surface area contributed by atoms with E-state index in [2.05, 4.69) is 32.8 Å². The highest BCUT2D eigenvalue weighted by Gasteiger charge is 2.04. The van der Waals surface area contributed by atoms with Crippen LogP contribution in [0.15, 0.2) is 48.4 Å². The highest BCUT2D eigenvalue weighted by molar-refractivity contribution is 7.09. The largest absolute Gasteiger partial charge is 0.378 e. The van der Waals surface area contributed by atoms with E-state index < -0.39 is 0 Å². The van der Waals surface area contributed by atoms with Crippen molar-refractivity contribution in [3.8, 4) is 5.69 Å². The molecule has 2 aromatic heterocycles. The summed E-state index contributed by atoms with van der Waals surface area (Å²) in [4.78, 5) is 8.54. The fraction of sp³-hybridized carbons (Fsp3) is 0.143. The summed E-state index contributed by atoms with van der Waals surface area (Å²) in [5.74, 6) is 0. The molecule has 1 N–H and O–H groups in total. The smallest absolute Gasteiger partial charge is 0.0992 e. The SMILES string of the molecule is Cc1nc(CNc2ccccc2-n2ccnc2)cs1. The molecule has 0 amide bonds. The van der Waals surface area contributed by atoms with Gasteiger partial charge in [-0.15, -0.1) is 11.3 Å². The van der Waals surface area contributed by atoms with Crippen molar-refractivity contribution in [2.24, 2.45) is 0 Å². The fourth-order valence-corrected chi connectivity index (χ4v) is 2.54. The zero-order valence-electron chi connectivity index (χ0n) is 10.6. The Hall–Kier alpha value is -2.14. The molecule has 19 heavy (non-hydrogen) atoms. The zero-order valence-corrected chi connectivity index (χ0v) is 11.4. The summed E-state index contributed by atoms with van der Waals surface area (Å²) in [6, 6.07) is 8.17. The van der Waals surface area contributed by atoms with Gasteiger partial charge in [-0.1, -0.05) is 12.1 Å². The molecule has 0 spiro atoms. The molecule has 0 unspecified atom stereocenters. The van der Waals surface area contributed by atoms with Gasteiger partial charge in [0.25, 0.3) is 0 Å². The monoisotopic (exact) mass is 270 g/mol. The summed E-state index contributed by atoms with van der Waals surface area (Å²) < 4.78 is 1.99. The summed E-state index contributed by atoms with van der Waals surface area (Å²) in [5, 5.41) is 6.61. The van der Waals surface area contributed by atoms with Gasteiger partial charge in [-0.05, 0) is 19.1 Å². The molecule has 0 fully saturated rings. The lowest BCUT2D eigenvalue weighted by Crippen LogP contribution is -2.03. The standard InChI is InChI=1S/C14H14N4S/c1-11-17-12(9-19-11)8-16-13-4-2-3-5-14(13)18-7-6-15-10-18/h2-7,9-10,16H,8H2,1H3. The summed E-state index contributed by atoms with van der Waals surface area (Å²) in [6.45, 7) is 2.75. The predicted molar refractivity (Wildman–Crippen MR) is 77.7 cm³/mol. The lowest BCUT2D eigenvalue weighted by molar-refractivity contribution is 1.02. The Morgan fingerprint density at radius 1 is 1.32 bits per heavy atom. The van der Waals surface area contributed by atoms with Gasteiger partial charge >= 0.3 is 0 Å². The topological polar surface area (TPSA) is 42.7 Å². The minimum atomic E-state index is 0.732. The van der Waals surface area contributed by atoms with Crippen LogP contribution in [0.3, 0.4) is 0 Å². The minimum absolute atomic E-state index is 0.732. The van der Waals surface area contributed by atoms with Crippen molar-refractivity contribution in [3.05, 3.63) is 59.1 Å². The Balaban J connectivity index is 1.81. The molecular weight excluding hydrogens is 256 g/mol. The van der Waals surface area contributed by atoms with Crippen molar-refractivity contribution in [2.75, 3.05) is 5.32 Å². The molecule has 0 radical (unpaired) electrons. The lowest BCUT2D eigenvalue weighted by atomic mass is 10.2. The first kappa shape index (κ1) is 11.9. The van der Waals surface area contributed by atoms with Crippen LogP contribution >= 0.6 is 11.3 Å². The number of aromatic nitrogens is 3. The molecule has 0 saturated heterocycles. The molecule has 4 nitrogen and oxygen atoms in total. The average Bonchev–Trinajstić information content (AvgIpc) is 3.08. The quantitative estimate of drug-likeness (QED) is 0.791. The van der Waals surface area contributed by atoms with Crippen LogP contribution in [-0.2, 0) is 6.54 Å². The molecule has 3 aromatic rings. The number of thiazole rings is 1. The molecular formula is C14H14N4S. The van der Waals surface area contributed by atoms with Crippen LogP contribution < -0.4 is 5.32 Å². The molecule has 0 bridgehead atoms. The van der Waals surface area contributed by atoms with E-state index in [1.165, 1.54) is 0 Å². The number of aryl methyl sites for hydroxylation is 1. The summed E-state index contributed by atoms with van der Waals surface area (Å²) in [7, 11) is 0. The normalized spacial score (nSPS) is 10.6. The Morgan fingerprint density at radius 3 is 2.95 bits per heavy atom. The van der Waals surface area contributed by atoms with Crippen molar-refractivity contribution in [1.29, 1.82) is 0 Å². The molecule has 96 valence electrons. The number of nitrogens with one attached hydrogen (secondary N) is 1. The van der Waals surface area contributed by atoms with Crippen molar-refractivity contribution in [2.45, 2.75) is 13.5 Å². The number of hydrogen-bond donors (Lipinski definition) is 1. The molecule has 2 heterocycles. The molecule has 0 aliphatic heterocycles. The number of imidazole rings is 1. The summed E-state index contributed by atoms with van der Waals surface area (Å²) >= 11 is 1.68. The third-order valence-corrected chi connectivity index (χ3v) is 3.64. The molecule has 0 atom stereocenters. The second-order valence-electron chi connectivity index (χ2n) is 4.20. The molecule has 5 heteroatoms. The number of hydrogen-bond acceptors (Lipinski definition) is 4. The van der Waals surface area contributed by atoms with Crippen LogP contribution in [0.1, 0.15) is 10.7 Å². The first-order chi connectivity index (χ1) is 9.33. The molecule has 0 aliphatic carbocycles. The Kier molecular flexibility index (Phi) is 3.29. The first-order valence-corrected chi connectivity index (χ1v) is 6.93. The van der Waals surface area contributed by atoms with Crippen LogP contribution in [0.25, 0.3) is 5.69 Å². The lowest BCUT2D eigenvalue weighted by Gasteiger charge is -2.11. The van der Waals surface area contributed by atoms with Crippen molar-refractivity contribution >= 4 is 17.0 Å². The Bertz CT molecular complexity index is 658. The van der Waals surface area contributed by atoms with Gasteiger partial charge in [0, 0.05) is 17.8 Å². The van der Waals surface area contributed by atoms with Crippen molar-refractivity contribution in [1.82, 2.24) is 14.5 Å². The molecule has 1 aromatic carbocycles. The third-order valence-electron chi connectivity index (χ3n) is 2.81. The van der Waals surface area contributed by atoms with E-state index in [0.717, 1.165) is 28.6 Å². The van der Waals surface area contributed by atoms with E-state index in [4.69, 9.17) is 0 Å². The van der Waals surface area contributed by atoms with Gasteiger partial charge in [-0.25, -0.2) is 9.97 Å². The minimum Gasteiger partial charge on any atom is -0.378 e. The van der Waals surface area contributed by atoms with Crippen LogP contribution in [0.4, 0.5) is 5.69 Å². The third kappa shape index (κ3) is 2.66. The Morgan fingerprint density at radius 2 is 2.21 bits per heavy atom. The zero-order chi connectivity index (χ0) is 13.1. The molecule has 0 saturated carbocycles. The van der Waals surface area contributed by atoms with Gasteiger partial charge in [-0.3, -0.25) is 0 Å². The van der Waals surface area contributed by atoms with Gasteiger partial charge in [0.15, 0.2) is 0 Å². The first-order valence-electron chi connectivity index (χ1n) is 6.05. The van der Waals surface area contributed by atoms with Crippen LogP contribution in [0, 0.1) is 6.92 Å². The summed E-state index contributed by atoms with van der Waals surface area (Å²) in [6.07, 6.45) is 5.52. The number of nitrogens with zero attached hydrogens (tertiary/aromatic N) is 3. The number of anilines is 1.